The Hall–Kier alpha value is -2.37. The van der Waals surface area contributed by atoms with Gasteiger partial charge in [-0.1, -0.05) is 17.7 Å². The lowest BCUT2D eigenvalue weighted by atomic mass is 9.95. The highest BCUT2D eigenvalue weighted by molar-refractivity contribution is 6.00. The molecule has 2 saturated heterocycles. The van der Waals surface area contributed by atoms with Gasteiger partial charge in [-0.15, -0.1) is 0 Å². The number of hydrogen-bond acceptors (Lipinski definition) is 3. The standard InChI is InChI=1S/C18H23N3O3/c1-12-2-4-15(5-3-12)21-11-14(10-16(21)22)18(24)20-8-6-13(7-9-20)17(19)23/h2-5,13-14H,6-11H2,1H3,(H2,19,23)/t14-/m0/s1. The molecule has 2 aliphatic heterocycles. The van der Waals surface area contributed by atoms with Gasteiger partial charge in [-0.05, 0) is 31.9 Å². The van der Waals surface area contributed by atoms with Crippen molar-refractivity contribution in [1.29, 1.82) is 0 Å². The number of amides is 3. The van der Waals surface area contributed by atoms with Gasteiger partial charge in [-0.25, -0.2) is 0 Å². The first-order valence-electron chi connectivity index (χ1n) is 8.41. The van der Waals surface area contributed by atoms with Crippen molar-refractivity contribution in [3.63, 3.8) is 0 Å². The molecule has 3 rings (SSSR count). The summed E-state index contributed by atoms with van der Waals surface area (Å²) in [5.74, 6) is -0.721. The second-order valence-electron chi connectivity index (χ2n) is 6.74. The van der Waals surface area contributed by atoms with Gasteiger partial charge in [0, 0.05) is 37.7 Å². The molecule has 0 aromatic heterocycles. The van der Waals surface area contributed by atoms with E-state index < -0.39 is 0 Å². The lowest BCUT2D eigenvalue weighted by molar-refractivity contribution is -0.138. The fourth-order valence-electron chi connectivity index (χ4n) is 3.49. The fourth-order valence-corrected chi connectivity index (χ4v) is 3.49. The average Bonchev–Trinajstić information content (AvgIpc) is 2.97. The van der Waals surface area contributed by atoms with Crippen LogP contribution in [0.4, 0.5) is 5.69 Å². The first-order chi connectivity index (χ1) is 11.5. The maximum absolute atomic E-state index is 12.7. The Kier molecular flexibility index (Phi) is 4.55. The van der Waals surface area contributed by atoms with Gasteiger partial charge in [0.2, 0.25) is 17.7 Å². The van der Waals surface area contributed by atoms with E-state index >= 15 is 0 Å². The predicted octanol–water partition coefficient (Wildman–Crippen LogP) is 1.07. The number of rotatable bonds is 3. The van der Waals surface area contributed by atoms with E-state index in [2.05, 4.69) is 0 Å². The van der Waals surface area contributed by atoms with Crippen LogP contribution in [0.3, 0.4) is 0 Å². The molecule has 6 heteroatoms. The number of anilines is 1. The highest BCUT2D eigenvalue weighted by Gasteiger charge is 2.38. The number of carbonyl (C=O) groups is 3. The minimum atomic E-state index is -0.302. The Morgan fingerprint density at radius 3 is 2.29 bits per heavy atom. The number of hydrogen-bond donors (Lipinski definition) is 1. The highest BCUT2D eigenvalue weighted by atomic mass is 16.2. The normalized spacial score (nSPS) is 22.0. The van der Waals surface area contributed by atoms with E-state index in [9.17, 15) is 14.4 Å². The molecular weight excluding hydrogens is 306 g/mol. The van der Waals surface area contributed by atoms with E-state index in [1.54, 1.807) is 9.80 Å². The monoisotopic (exact) mass is 329 g/mol. The minimum Gasteiger partial charge on any atom is -0.369 e. The Labute approximate surface area is 141 Å². The molecule has 0 spiro atoms. The largest absolute Gasteiger partial charge is 0.369 e. The lowest BCUT2D eigenvalue weighted by Crippen LogP contribution is -2.44. The van der Waals surface area contributed by atoms with Crippen molar-refractivity contribution < 1.29 is 14.4 Å². The van der Waals surface area contributed by atoms with Gasteiger partial charge in [-0.3, -0.25) is 14.4 Å². The van der Waals surface area contributed by atoms with Crippen molar-refractivity contribution in [2.24, 2.45) is 17.6 Å². The molecule has 0 bridgehead atoms. The third-order valence-corrected chi connectivity index (χ3v) is 5.03. The molecule has 2 aliphatic rings. The van der Waals surface area contributed by atoms with Gasteiger partial charge in [-0.2, -0.15) is 0 Å². The summed E-state index contributed by atoms with van der Waals surface area (Å²) in [5.41, 5.74) is 7.30. The maximum Gasteiger partial charge on any atom is 0.228 e. The molecule has 1 aromatic rings. The summed E-state index contributed by atoms with van der Waals surface area (Å²) < 4.78 is 0. The molecule has 6 nitrogen and oxygen atoms in total. The second kappa shape index (κ2) is 6.63. The van der Waals surface area contributed by atoms with E-state index in [1.165, 1.54) is 0 Å². The van der Waals surface area contributed by atoms with Crippen LogP contribution in [-0.2, 0) is 14.4 Å². The molecule has 0 saturated carbocycles. The van der Waals surface area contributed by atoms with Crippen LogP contribution in [0.2, 0.25) is 0 Å². The molecule has 0 radical (unpaired) electrons. The molecular formula is C18H23N3O3. The Bertz CT molecular complexity index is 648. The Balaban J connectivity index is 1.62. The summed E-state index contributed by atoms with van der Waals surface area (Å²) in [4.78, 5) is 39.7. The predicted molar refractivity (Wildman–Crippen MR) is 90.1 cm³/mol. The first kappa shape index (κ1) is 16.5. The first-order valence-corrected chi connectivity index (χ1v) is 8.41. The number of primary amides is 1. The third kappa shape index (κ3) is 3.27. The number of likely N-dealkylation sites (tertiary alicyclic amines) is 1. The molecule has 1 atom stereocenters. The van der Waals surface area contributed by atoms with Gasteiger partial charge in [0.1, 0.15) is 0 Å². The van der Waals surface area contributed by atoms with Crippen molar-refractivity contribution >= 4 is 23.4 Å². The van der Waals surface area contributed by atoms with Crippen LogP contribution in [0.15, 0.2) is 24.3 Å². The molecule has 3 amide bonds. The van der Waals surface area contributed by atoms with Crippen LogP contribution in [0, 0.1) is 18.8 Å². The lowest BCUT2D eigenvalue weighted by Gasteiger charge is -2.32. The van der Waals surface area contributed by atoms with Crippen LogP contribution in [0.5, 0.6) is 0 Å². The van der Waals surface area contributed by atoms with Crippen molar-refractivity contribution in [2.75, 3.05) is 24.5 Å². The molecule has 2 fully saturated rings. The maximum atomic E-state index is 12.7. The Morgan fingerprint density at radius 1 is 1.08 bits per heavy atom. The number of carbonyl (C=O) groups excluding carboxylic acids is 3. The molecule has 24 heavy (non-hydrogen) atoms. The Morgan fingerprint density at radius 2 is 1.71 bits per heavy atom. The van der Waals surface area contributed by atoms with Crippen molar-refractivity contribution in [1.82, 2.24) is 4.90 Å². The van der Waals surface area contributed by atoms with Crippen LogP contribution >= 0.6 is 0 Å². The summed E-state index contributed by atoms with van der Waals surface area (Å²) in [5, 5.41) is 0. The zero-order valence-corrected chi connectivity index (χ0v) is 13.9. The van der Waals surface area contributed by atoms with Crippen molar-refractivity contribution in [3.05, 3.63) is 29.8 Å². The zero-order chi connectivity index (χ0) is 17.3. The number of nitrogens with zero attached hydrogens (tertiary/aromatic N) is 2. The van der Waals surface area contributed by atoms with Gasteiger partial charge in [0.05, 0.1) is 5.92 Å². The summed E-state index contributed by atoms with van der Waals surface area (Å²) in [7, 11) is 0. The molecule has 2 N–H and O–H groups in total. The highest BCUT2D eigenvalue weighted by Crippen LogP contribution is 2.28. The van der Waals surface area contributed by atoms with Crippen LogP contribution < -0.4 is 10.6 Å². The van der Waals surface area contributed by atoms with Gasteiger partial charge >= 0.3 is 0 Å². The molecule has 128 valence electrons. The van der Waals surface area contributed by atoms with E-state index in [4.69, 9.17) is 5.73 Å². The van der Waals surface area contributed by atoms with Gasteiger partial charge < -0.3 is 15.5 Å². The van der Waals surface area contributed by atoms with Gasteiger partial charge in [0.15, 0.2) is 0 Å². The molecule has 0 aliphatic carbocycles. The second-order valence-corrected chi connectivity index (χ2v) is 6.74. The zero-order valence-electron chi connectivity index (χ0n) is 13.9. The smallest absolute Gasteiger partial charge is 0.228 e. The topological polar surface area (TPSA) is 83.7 Å². The van der Waals surface area contributed by atoms with E-state index in [0.717, 1.165) is 11.3 Å². The molecule has 2 heterocycles. The van der Waals surface area contributed by atoms with E-state index in [1.807, 2.05) is 31.2 Å². The van der Waals surface area contributed by atoms with Gasteiger partial charge in [0.25, 0.3) is 0 Å². The van der Waals surface area contributed by atoms with Crippen LogP contribution in [-0.4, -0.2) is 42.3 Å². The van der Waals surface area contributed by atoms with Crippen molar-refractivity contribution in [2.45, 2.75) is 26.2 Å². The van der Waals surface area contributed by atoms with Crippen LogP contribution in [0.25, 0.3) is 0 Å². The number of piperidine rings is 1. The number of nitrogens with two attached hydrogens (primary N) is 1. The average molecular weight is 329 g/mol. The molecule has 1 aromatic carbocycles. The SMILES string of the molecule is Cc1ccc(N2C[C@@H](C(=O)N3CCC(C(N)=O)CC3)CC2=O)cc1. The van der Waals surface area contributed by atoms with E-state index in [-0.39, 0.29) is 36.0 Å². The van der Waals surface area contributed by atoms with Crippen molar-refractivity contribution in [3.8, 4) is 0 Å². The van der Waals surface area contributed by atoms with E-state index in [0.29, 0.717) is 32.5 Å². The fraction of sp³-hybridized carbons (Fsp3) is 0.500. The third-order valence-electron chi connectivity index (χ3n) is 5.03. The molecule has 0 unspecified atom stereocenters. The summed E-state index contributed by atoms with van der Waals surface area (Å²) in [6, 6.07) is 7.76. The number of benzene rings is 1. The summed E-state index contributed by atoms with van der Waals surface area (Å²) in [6.45, 7) is 3.51. The summed E-state index contributed by atoms with van der Waals surface area (Å²) in [6.07, 6.45) is 1.48. The quantitative estimate of drug-likeness (QED) is 0.900. The number of aryl methyl sites for hydroxylation is 1. The van der Waals surface area contributed by atoms with Crippen LogP contribution in [0.1, 0.15) is 24.8 Å². The summed E-state index contributed by atoms with van der Waals surface area (Å²) >= 11 is 0. The minimum absolute atomic E-state index is 0.00998.